The fourth-order valence-corrected chi connectivity index (χ4v) is 3.81. The van der Waals surface area contributed by atoms with E-state index in [1.54, 1.807) is 48.5 Å². The molecule has 0 saturated carbocycles. The fourth-order valence-electron chi connectivity index (χ4n) is 3.63. The van der Waals surface area contributed by atoms with E-state index >= 15 is 0 Å². The maximum Gasteiger partial charge on any atom is 0.433 e. The molecule has 9 nitrogen and oxygen atoms in total. The molecule has 0 unspecified atom stereocenters. The van der Waals surface area contributed by atoms with Crippen LogP contribution in [0.5, 0.6) is 11.5 Å². The normalized spacial score (nSPS) is 11.5. The summed E-state index contributed by atoms with van der Waals surface area (Å²) in [5, 5.41) is 11.0. The van der Waals surface area contributed by atoms with Crippen LogP contribution in [-0.4, -0.2) is 37.4 Å². The highest BCUT2D eigenvalue weighted by atomic mass is 35.5. The number of rotatable bonds is 7. The second kappa shape index (κ2) is 10.1. The van der Waals surface area contributed by atoms with E-state index < -0.39 is 17.8 Å². The van der Waals surface area contributed by atoms with Gasteiger partial charge in [0.15, 0.2) is 18.1 Å². The van der Waals surface area contributed by atoms with Crippen LogP contribution >= 0.6 is 11.6 Å². The van der Waals surface area contributed by atoms with Crippen molar-refractivity contribution in [2.75, 3.05) is 12.4 Å². The van der Waals surface area contributed by atoms with Gasteiger partial charge in [0, 0.05) is 10.6 Å². The number of ether oxygens (including phenoxy) is 2. The lowest BCUT2D eigenvalue weighted by molar-refractivity contribution is -0.142. The Morgan fingerprint density at radius 1 is 1.05 bits per heavy atom. The molecule has 1 N–H and O–H groups in total. The first-order valence-corrected chi connectivity index (χ1v) is 11.4. The molecule has 0 bridgehead atoms. The van der Waals surface area contributed by atoms with Crippen molar-refractivity contribution in [3.8, 4) is 22.8 Å². The van der Waals surface area contributed by atoms with Gasteiger partial charge < -0.3 is 14.8 Å². The molecule has 0 aliphatic carbocycles. The third kappa shape index (κ3) is 5.25. The Bertz CT molecular complexity index is 1620. The minimum absolute atomic E-state index is 0.0213. The standard InChI is InChI=1S/C25H18ClF3N6O3/c1-37-18-7-5-15(6-8-18)21-10-22(25(27,28)29)35-23(33-21)20(12-31-35)24(36)32-17-11-30-34(13-17)14-38-19-4-2-3-16(26)9-19/h2-13H,14H2,1H3,(H,32,36). The minimum Gasteiger partial charge on any atom is -0.497 e. The SMILES string of the molecule is COc1ccc(-c2cc(C(F)(F)F)n3ncc(C(=O)Nc4cnn(COc5cccc(Cl)c5)c4)c3n2)cc1. The Morgan fingerprint density at radius 2 is 1.84 bits per heavy atom. The summed E-state index contributed by atoms with van der Waals surface area (Å²) in [6.07, 6.45) is -0.822. The molecule has 13 heteroatoms. The Kier molecular flexibility index (Phi) is 6.64. The highest BCUT2D eigenvalue weighted by molar-refractivity contribution is 6.30. The van der Waals surface area contributed by atoms with E-state index in [9.17, 15) is 18.0 Å². The molecule has 194 valence electrons. The lowest BCUT2D eigenvalue weighted by Crippen LogP contribution is -2.15. The lowest BCUT2D eigenvalue weighted by atomic mass is 10.1. The average molecular weight is 543 g/mol. The molecule has 0 fully saturated rings. The zero-order valence-corrected chi connectivity index (χ0v) is 20.4. The fraction of sp³-hybridized carbons (Fsp3) is 0.120. The van der Waals surface area contributed by atoms with Crippen LogP contribution < -0.4 is 14.8 Å². The van der Waals surface area contributed by atoms with Crippen molar-refractivity contribution in [1.82, 2.24) is 24.4 Å². The van der Waals surface area contributed by atoms with Crippen LogP contribution in [0, 0.1) is 0 Å². The van der Waals surface area contributed by atoms with Crippen molar-refractivity contribution in [2.24, 2.45) is 0 Å². The van der Waals surface area contributed by atoms with Crippen LogP contribution in [0.2, 0.25) is 5.02 Å². The Morgan fingerprint density at radius 3 is 2.55 bits per heavy atom. The van der Waals surface area contributed by atoms with Crippen LogP contribution in [-0.2, 0) is 12.9 Å². The molecule has 0 saturated heterocycles. The van der Waals surface area contributed by atoms with Crippen LogP contribution in [0.15, 0.2) is 73.2 Å². The van der Waals surface area contributed by atoms with Gasteiger partial charge in [-0.15, -0.1) is 0 Å². The first-order chi connectivity index (χ1) is 18.2. The van der Waals surface area contributed by atoms with Crippen molar-refractivity contribution in [1.29, 1.82) is 0 Å². The van der Waals surface area contributed by atoms with Crippen LogP contribution in [0.25, 0.3) is 16.9 Å². The maximum absolute atomic E-state index is 13.9. The highest BCUT2D eigenvalue weighted by Crippen LogP contribution is 2.33. The largest absolute Gasteiger partial charge is 0.497 e. The third-order valence-electron chi connectivity index (χ3n) is 5.44. The van der Waals surface area contributed by atoms with Crippen molar-refractivity contribution in [3.05, 3.63) is 89.5 Å². The number of alkyl halides is 3. The summed E-state index contributed by atoms with van der Waals surface area (Å²) in [7, 11) is 1.48. The zero-order valence-electron chi connectivity index (χ0n) is 19.6. The molecule has 3 aromatic heterocycles. The van der Waals surface area contributed by atoms with E-state index in [2.05, 4.69) is 20.5 Å². The summed E-state index contributed by atoms with van der Waals surface area (Å²) in [5.41, 5.74) is -0.737. The number of fused-ring (bicyclic) bond motifs is 1. The van der Waals surface area contributed by atoms with Gasteiger partial charge in [-0.25, -0.2) is 14.2 Å². The van der Waals surface area contributed by atoms with Crippen LogP contribution in [0.4, 0.5) is 18.9 Å². The zero-order chi connectivity index (χ0) is 26.9. The summed E-state index contributed by atoms with van der Waals surface area (Å²) in [6, 6.07) is 14.1. The van der Waals surface area contributed by atoms with Gasteiger partial charge in [-0.1, -0.05) is 17.7 Å². The van der Waals surface area contributed by atoms with Gasteiger partial charge in [-0.05, 0) is 48.5 Å². The summed E-state index contributed by atoms with van der Waals surface area (Å²) in [4.78, 5) is 17.3. The number of nitrogens with one attached hydrogen (secondary N) is 1. The van der Waals surface area contributed by atoms with Gasteiger partial charge in [-0.3, -0.25) is 4.79 Å². The Hall–Kier alpha value is -4.58. The average Bonchev–Trinajstić information content (AvgIpc) is 3.53. The van der Waals surface area contributed by atoms with Gasteiger partial charge in [-0.2, -0.15) is 23.4 Å². The summed E-state index contributed by atoms with van der Waals surface area (Å²) >= 11 is 5.94. The molecule has 0 atom stereocenters. The lowest BCUT2D eigenvalue weighted by Gasteiger charge is -2.12. The van der Waals surface area contributed by atoms with Gasteiger partial charge in [0.25, 0.3) is 5.91 Å². The van der Waals surface area contributed by atoms with Gasteiger partial charge in [0.1, 0.15) is 17.1 Å². The first kappa shape index (κ1) is 25.1. The first-order valence-electron chi connectivity index (χ1n) is 11.0. The molecule has 2 aromatic carbocycles. The number of carbonyl (C=O) groups is 1. The van der Waals surface area contributed by atoms with E-state index in [1.807, 2.05) is 0 Å². The Balaban J connectivity index is 1.41. The van der Waals surface area contributed by atoms with E-state index in [-0.39, 0.29) is 23.6 Å². The molecule has 0 aliphatic rings. The number of aromatic nitrogens is 5. The number of hydrogen-bond donors (Lipinski definition) is 1. The topological polar surface area (TPSA) is 95.6 Å². The van der Waals surface area contributed by atoms with E-state index in [0.29, 0.717) is 32.3 Å². The highest BCUT2D eigenvalue weighted by Gasteiger charge is 2.36. The quantitative estimate of drug-likeness (QED) is 0.289. The molecule has 0 spiro atoms. The minimum atomic E-state index is -4.74. The van der Waals surface area contributed by atoms with Crippen LogP contribution in [0.3, 0.4) is 0 Å². The number of carbonyl (C=O) groups excluding carboxylic acids is 1. The predicted molar refractivity (Wildman–Crippen MR) is 132 cm³/mol. The van der Waals surface area contributed by atoms with E-state index in [0.717, 1.165) is 12.3 Å². The number of anilines is 1. The van der Waals surface area contributed by atoms with Gasteiger partial charge in [0.2, 0.25) is 0 Å². The molecule has 0 aliphatic heterocycles. The summed E-state index contributed by atoms with van der Waals surface area (Å²) in [6.45, 7) is 0.0364. The molecule has 5 rings (SSSR count). The second-order valence-corrected chi connectivity index (χ2v) is 8.44. The van der Waals surface area contributed by atoms with Crippen LogP contribution in [0.1, 0.15) is 16.1 Å². The van der Waals surface area contributed by atoms with Gasteiger partial charge in [0.05, 0.1) is 37.1 Å². The van der Waals surface area contributed by atoms with Crippen molar-refractivity contribution < 1.29 is 27.4 Å². The van der Waals surface area contributed by atoms with Crippen molar-refractivity contribution in [2.45, 2.75) is 12.9 Å². The number of benzene rings is 2. The Labute approximate surface area is 218 Å². The number of hydrogen-bond acceptors (Lipinski definition) is 6. The number of amides is 1. The molecular formula is C25H18ClF3N6O3. The molecule has 3 heterocycles. The van der Waals surface area contributed by atoms with Crippen molar-refractivity contribution >= 4 is 28.8 Å². The van der Waals surface area contributed by atoms with Crippen molar-refractivity contribution in [3.63, 3.8) is 0 Å². The predicted octanol–water partition coefficient (Wildman–Crippen LogP) is 5.56. The number of methoxy groups -OCH3 is 1. The third-order valence-corrected chi connectivity index (χ3v) is 5.68. The monoisotopic (exact) mass is 542 g/mol. The molecule has 38 heavy (non-hydrogen) atoms. The number of halogens is 4. The maximum atomic E-state index is 13.9. The number of nitrogens with zero attached hydrogens (tertiary/aromatic N) is 5. The van der Waals surface area contributed by atoms with E-state index in [4.69, 9.17) is 21.1 Å². The summed E-state index contributed by atoms with van der Waals surface area (Å²) < 4.78 is 54.3. The second-order valence-electron chi connectivity index (χ2n) is 8.00. The smallest absolute Gasteiger partial charge is 0.433 e. The van der Waals surface area contributed by atoms with Gasteiger partial charge >= 0.3 is 6.18 Å². The molecular weight excluding hydrogens is 525 g/mol. The summed E-state index contributed by atoms with van der Waals surface area (Å²) in [5.74, 6) is 0.362. The molecule has 1 amide bonds. The molecule has 5 aromatic rings. The van der Waals surface area contributed by atoms with E-state index in [1.165, 1.54) is 24.2 Å². The molecule has 0 radical (unpaired) electrons.